The molecule has 0 atom stereocenters. The Morgan fingerprint density at radius 3 is 2.29 bits per heavy atom. The molecule has 0 N–H and O–H groups in total. The topological polar surface area (TPSA) is 43.4 Å². The molecule has 90 valence electrons. The number of benzene rings is 1. The van der Waals surface area contributed by atoms with E-state index in [1.165, 1.54) is 6.92 Å². The number of rotatable bonds is 2. The summed E-state index contributed by atoms with van der Waals surface area (Å²) in [6.45, 7) is 1.31. The van der Waals surface area contributed by atoms with E-state index in [2.05, 4.69) is 0 Å². The lowest BCUT2D eigenvalue weighted by Gasteiger charge is -2.18. The molecule has 0 fully saturated rings. The van der Waals surface area contributed by atoms with Crippen LogP contribution in [0.1, 0.15) is 41.3 Å². The van der Waals surface area contributed by atoms with Crippen LogP contribution in [-0.2, 0) is 17.6 Å². The van der Waals surface area contributed by atoms with Crippen molar-refractivity contribution < 1.29 is 14.3 Å². The predicted molar refractivity (Wildman–Crippen MR) is 64.6 cm³/mol. The van der Waals surface area contributed by atoms with E-state index in [-0.39, 0.29) is 11.3 Å². The summed E-state index contributed by atoms with van der Waals surface area (Å²) >= 11 is 5.50. The van der Waals surface area contributed by atoms with Gasteiger partial charge < -0.3 is 4.74 Å². The molecule has 2 rings (SSSR count). The van der Waals surface area contributed by atoms with Crippen LogP contribution in [0.15, 0.2) is 12.1 Å². The lowest BCUT2D eigenvalue weighted by molar-refractivity contribution is -0.131. The summed E-state index contributed by atoms with van der Waals surface area (Å²) in [6, 6.07) is 3.52. The largest absolute Gasteiger partial charge is 0.426 e. The molecule has 0 saturated heterocycles. The predicted octanol–water partition coefficient (Wildman–Crippen LogP) is 2.87. The van der Waals surface area contributed by atoms with Crippen LogP contribution in [0.4, 0.5) is 0 Å². The Morgan fingerprint density at radius 2 is 1.76 bits per heavy atom. The molecule has 3 nitrogen and oxygen atoms in total. The summed E-state index contributed by atoms with van der Waals surface area (Å²) in [6.07, 6.45) is 4.16. The number of esters is 1. The molecule has 0 aromatic heterocycles. The van der Waals surface area contributed by atoms with Crippen LogP contribution < -0.4 is 4.74 Å². The third-order valence-electron chi connectivity index (χ3n) is 2.91. The number of hydrogen-bond donors (Lipinski definition) is 0. The summed E-state index contributed by atoms with van der Waals surface area (Å²) in [5.41, 5.74) is 2.56. The quantitative estimate of drug-likeness (QED) is 0.462. The monoisotopic (exact) mass is 252 g/mol. The Labute approximate surface area is 105 Å². The first kappa shape index (κ1) is 12.1. The zero-order valence-corrected chi connectivity index (χ0v) is 10.3. The molecule has 0 radical (unpaired) electrons. The molecule has 1 aliphatic carbocycles. The molecule has 0 aliphatic heterocycles. The first-order valence-corrected chi connectivity index (χ1v) is 6.00. The van der Waals surface area contributed by atoms with E-state index in [1.54, 1.807) is 12.1 Å². The molecular weight excluding hydrogens is 240 g/mol. The molecule has 0 amide bonds. The van der Waals surface area contributed by atoms with Crippen molar-refractivity contribution >= 4 is 22.8 Å². The van der Waals surface area contributed by atoms with Crippen LogP contribution in [0.5, 0.6) is 5.75 Å². The number of fused-ring (bicyclic) bond motifs is 1. The molecule has 0 unspecified atom stereocenters. The zero-order chi connectivity index (χ0) is 12.4. The molecule has 0 heterocycles. The minimum Gasteiger partial charge on any atom is -0.426 e. The summed E-state index contributed by atoms with van der Waals surface area (Å²) in [5.74, 6) is -0.168. The fourth-order valence-electron chi connectivity index (χ4n) is 2.16. The summed E-state index contributed by atoms with van der Waals surface area (Å²) < 4.78 is 5.03. The normalized spacial score (nSPS) is 14.0. The van der Waals surface area contributed by atoms with Gasteiger partial charge in [0.25, 0.3) is 5.24 Å². The van der Waals surface area contributed by atoms with Crippen molar-refractivity contribution in [3.63, 3.8) is 0 Å². The number of carbonyl (C=O) groups excluding carboxylic acids is 2. The van der Waals surface area contributed by atoms with Crippen LogP contribution in [0, 0.1) is 0 Å². The molecule has 1 aliphatic rings. The maximum Gasteiger partial charge on any atom is 0.308 e. The average molecular weight is 253 g/mol. The third kappa shape index (κ3) is 2.67. The lowest BCUT2D eigenvalue weighted by Crippen LogP contribution is -2.10. The van der Waals surface area contributed by atoms with Gasteiger partial charge in [0, 0.05) is 6.92 Å². The summed E-state index contributed by atoms with van der Waals surface area (Å²) in [5, 5.41) is -0.588. The van der Waals surface area contributed by atoms with Crippen LogP contribution >= 0.6 is 11.6 Å². The Balaban J connectivity index is 2.47. The number of carbonyl (C=O) groups is 2. The number of hydrogen-bond acceptors (Lipinski definition) is 3. The molecule has 4 heteroatoms. The van der Waals surface area contributed by atoms with Crippen LogP contribution in [0.3, 0.4) is 0 Å². The van der Waals surface area contributed by atoms with E-state index in [4.69, 9.17) is 16.3 Å². The van der Waals surface area contributed by atoms with Gasteiger partial charge in [0.2, 0.25) is 0 Å². The van der Waals surface area contributed by atoms with Crippen LogP contribution in [-0.4, -0.2) is 11.2 Å². The fourth-order valence-corrected chi connectivity index (χ4v) is 2.30. The van der Waals surface area contributed by atoms with Crippen molar-refractivity contribution in [1.82, 2.24) is 0 Å². The van der Waals surface area contributed by atoms with Gasteiger partial charge in [0.1, 0.15) is 5.75 Å². The first-order chi connectivity index (χ1) is 8.08. The van der Waals surface area contributed by atoms with Crippen molar-refractivity contribution in [1.29, 1.82) is 0 Å². The van der Waals surface area contributed by atoms with Gasteiger partial charge in [0.05, 0.1) is 5.56 Å². The average Bonchev–Trinajstić information content (AvgIpc) is 2.27. The minimum atomic E-state index is -0.588. The van der Waals surface area contributed by atoms with Crippen molar-refractivity contribution in [2.45, 2.75) is 32.6 Å². The third-order valence-corrected chi connectivity index (χ3v) is 3.11. The van der Waals surface area contributed by atoms with E-state index in [0.29, 0.717) is 0 Å². The second-order valence-electron chi connectivity index (χ2n) is 4.19. The number of ether oxygens (including phenoxy) is 1. The fraction of sp³-hybridized carbons (Fsp3) is 0.385. The minimum absolute atomic E-state index is 0.276. The van der Waals surface area contributed by atoms with E-state index < -0.39 is 11.2 Å². The van der Waals surface area contributed by atoms with Gasteiger partial charge in [0.15, 0.2) is 0 Å². The Kier molecular flexibility index (Phi) is 3.48. The van der Waals surface area contributed by atoms with Gasteiger partial charge in [-0.15, -0.1) is 0 Å². The first-order valence-electron chi connectivity index (χ1n) is 5.62. The highest BCUT2D eigenvalue weighted by atomic mass is 35.5. The smallest absolute Gasteiger partial charge is 0.308 e. The molecule has 0 saturated carbocycles. The van der Waals surface area contributed by atoms with Gasteiger partial charge in [-0.25, -0.2) is 0 Å². The summed E-state index contributed by atoms with van der Waals surface area (Å²) in [7, 11) is 0. The van der Waals surface area contributed by atoms with Gasteiger partial charge in [-0.3, -0.25) is 9.59 Å². The molecule has 0 spiro atoms. The Morgan fingerprint density at radius 1 is 1.18 bits per heavy atom. The van der Waals surface area contributed by atoms with E-state index in [1.807, 2.05) is 0 Å². The molecule has 1 aromatic rings. The highest BCUT2D eigenvalue weighted by Gasteiger charge is 2.18. The van der Waals surface area contributed by atoms with E-state index >= 15 is 0 Å². The molecule has 0 bridgehead atoms. The second kappa shape index (κ2) is 4.88. The second-order valence-corrected chi connectivity index (χ2v) is 4.53. The van der Waals surface area contributed by atoms with Crippen molar-refractivity contribution in [2.24, 2.45) is 0 Å². The van der Waals surface area contributed by atoms with Crippen molar-refractivity contribution in [3.8, 4) is 5.75 Å². The van der Waals surface area contributed by atoms with Gasteiger partial charge in [-0.05, 0) is 60.5 Å². The molecular formula is C13H13ClO3. The highest BCUT2D eigenvalue weighted by molar-refractivity contribution is 6.68. The lowest BCUT2D eigenvalue weighted by atomic mass is 9.90. The van der Waals surface area contributed by atoms with Crippen LogP contribution in [0.2, 0.25) is 0 Å². The standard InChI is InChI=1S/C13H13ClO3/c1-8(15)17-12-7-10-5-3-2-4-9(10)6-11(12)13(14)16/h6-7H,2-5H2,1H3. The Bertz CT molecular complexity index is 480. The Hall–Kier alpha value is -1.35. The number of halogens is 1. The van der Waals surface area contributed by atoms with Gasteiger partial charge in [-0.1, -0.05) is 0 Å². The maximum absolute atomic E-state index is 11.3. The van der Waals surface area contributed by atoms with E-state index in [9.17, 15) is 9.59 Å². The molecule has 1 aromatic carbocycles. The van der Waals surface area contributed by atoms with E-state index in [0.717, 1.165) is 36.8 Å². The SMILES string of the molecule is CC(=O)Oc1cc2c(cc1C(=O)Cl)CCCC2. The van der Waals surface area contributed by atoms with Crippen molar-refractivity contribution in [3.05, 3.63) is 28.8 Å². The molecule has 17 heavy (non-hydrogen) atoms. The van der Waals surface area contributed by atoms with Gasteiger partial charge >= 0.3 is 5.97 Å². The highest BCUT2D eigenvalue weighted by Crippen LogP contribution is 2.30. The summed E-state index contributed by atoms with van der Waals surface area (Å²) in [4.78, 5) is 22.3. The van der Waals surface area contributed by atoms with Gasteiger partial charge in [-0.2, -0.15) is 0 Å². The maximum atomic E-state index is 11.3. The number of aryl methyl sites for hydroxylation is 2. The zero-order valence-electron chi connectivity index (χ0n) is 9.59. The van der Waals surface area contributed by atoms with Crippen molar-refractivity contribution in [2.75, 3.05) is 0 Å². The van der Waals surface area contributed by atoms with Crippen LogP contribution in [0.25, 0.3) is 0 Å².